The maximum absolute atomic E-state index is 13.7. The fraction of sp³-hybridized carbons (Fsp3) is 0.900. The largest absolute Gasteiger partial charge is 0.480 e. The molecule has 1 fully saturated rings. The molecule has 0 unspecified atom stereocenters. The maximum Gasteiger partial charge on any atom is 0.322 e. The van der Waals surface area contributed by atoms with E-state index >= 15 is 0 Å². The second kappa shape index (κ2) is 39.0. The van der Waals surface area contributed by atoms with Crippen LogP contribution in [0.3, 0.4) is 0 Å². The van der Waals surface area contributed by atoms with Crippen molar-refractivity contribution >= 4 is 29.8 Å². The summed E-state index contributed by atoms with van der Waals surface area (Å²) in [7, 11) is 0. The van der Waals surface area contributed by atoms with Crippen LogP contribution in [0.1, 0.15) is 220 Å². The van der Waals surface area contributed by atoms with E-state index in [0.29, 0.717) is 44.9 Å². The predicted molar refractivity (Wildman–Crippen MR) is 250 cm³/mol. The molecule has 0 radical (unpaired) electrons. The number of hydrogen-bond donors (Lipinski definition) is 6. The van der Waals surface area contributed by atoms with E-state index in [1.165, 1.54) is 6.42 Å². The second-order valence-corrected chi connectivity index (χ2v) is 18.3. The van der Waals surface area contributed by atoms with E-state index in [-0.39, 0.29) is 25.7 Å². The normalized spacial score (nSPS) is 20.2. The van der Waals surface area contributed by atoms with Crippen LogP contribution in [0.15, 0.2) is 0 Å². The number of aliphatic carboxylic acids is 1. The molecular formula is C50H91NO15. The molecule has 0 aromatic carbocycles. The Labute approximate surface area is 396 Å². The molecule has 0 bridgehead atoms. The van der Waals surface area contributed by atoms with Gasteiger partial charge in [0.05, 0.1) is 38.4 Å². The molecule has 1 aliphatic rings. The van der Waals surface area contributed by atoms with Crippen LogP contribution < -0.4 is 5.32 Å². The molecule has 0 aromatic heterocycles. The van der Waals surface area contributed by atoms with Crippen LogP contribution >= 0.6 is 0 Å². The summed E-state index contributed by atoms with van der Waals surface area (Å²) in [4.78, 5) is 64.6. The maximum atomic E-state index is 13.7. The quantitative estimate of drug-likeness (QED) is 0.0194. The lowest BCUT2D eigenvalue weighted by molar-refractivity contribution is -0.312. The van der Waals surface area contributed by atoms with Crippen molar-refractivity contribution in [1.82, 2.24) is 5.32 Å². The lowest BCUT2D eigenvalue weighted by atomic mass is 9.99. The Bertz CT molecular complexity index is 1280. The highest BCUT2D eigenvalue weighted by Crippen LogP contribution is 2.26. The SMILES string of the molecule is CCCCCCCCC[C@H](CC(=O)NCC(=O)O)OC(=O)C[C@@H](CCCCCCC)OC(=O)C[C@@H](CCCCCCC)OC(=O)C[C@@H](CCCCCCC)O[C@@H]1O[C@H](CO)[C@@H](O)[C@H](O)[C@H]1O. The molecule has 0 saturated carbocycles. The van der Waals surface area contributed by atoms with Gasteiger partial charge >= 0.3 is 23.9 Å². The number of unbranched alkanes of at least 4 members (excludes halogenated alkanes) is 18. The van der Waals surface area contributed by atoms with Crippen molar-refractivity contribution < 1.29 is 73.2 Å². The highest BCUT2D eigenvalue weighted by Gasteiger charge is 2.45. The van der Waals surface area contributed by atoms with Crippen molar-refractivity contribution in [1.29, 1.82) is 0 Å². The molecule has 6 N–H and O–H groups in total. The number of aliphatic hydroxyl groups excluding tert-OH is 4. The molecule has 1 aliphatic heterocycles. The van der Waals surface area contributed by atoms with Crippen LogP contribution in [0.2, 0.25) is 0 Å². The minimum Gasteiger partial charge on any atom is -0.480 e. The number of esters is 3. The van der Waals surface area contributed by atoms with Crippen molar-refractivity contribution in [2.75, 3.05) is 13.2 Å². The van der Waals surface area contributed by atoms with E-state index in [2.05, 4.69) is 33.0 Å². The first-order chi connectivity index (χ1) is 31.8. The summed E-state index contributed by atoms with van der Waals surface area (Å²) in [5.74, 6) is -3.62. The number of carboxylic acid groups (broad SMARTS) is 1. The van der Waals surface area contributed by atoms with Crippen molar-refractivity contribution in [2.24, 2.45) is 0 Å². The third kappa shape index (κ3) is 29.8. The third-order valence-corrected chi connectivity index (χ3v) is 12.1. The standard InChI is InChI=1S/C50H91NO15/c1-5-9-13-17-18-22-26-27-37(31-42(53)51-35-43(54)55)62-44(56)32-38(28-23-19-14-10-6-2)63-45(57)33-39(29-24-20-15-11-7-3)64-46(58)34-40(30-25-21-16-12-8-4)65-50-49(61)48(60)47(59)41(36-52)66-50/h37-41,47-50,52,59-61H,5-36H2,1-4H3,(H,51,53)(H,54,55)/t37-,38-,39-,40-,41-,47-,48+,49-,50-/m1/s1. The zero-order valence-corrected chi connectivity index (χ0v) is 41.1. The molecule has 1 amide bonds. The van der Waals surface area contributed by atoms with Crippen molar-refractivity contribution in [2.45, 2.75) is 275 Å². The van der Waals surface area contributed by atoms with Gasteiger partial charge in [0.1, 0.15) is 49.3 Å². The molecule has 0 aromatic rings. The van der Waals surface area contributed by atoms with Crippen LogP contribution in [-0.4, -0.2) is 124 Å². The molecule has 1 heterocycles. The second-order valence-electron chi connectivity index (χ2n) is 18.3. The fourth-order valence-electron chi connectivity index (χ4n) is 8.16. The number of carbonyl (C=O) groups excluding carboxylic acids is 4. The van der Waals surface area contributed by atoms with Crippen LogP contribution in [0.25, 0.3) is 0 Å². The Morgan fingerprint density at radius 1 is 0.485 bits per heavy atom. The minimum atomic E-state index is -1.64. The Morgan fingerprint density at radius 2 is 0.833 bits per heavy atom. The molecule has 9 atom stereocenters. The first-order valence-corrected chi connectivity index (χ1v) is 25.8. The van der Waals surface area contributed by atoms with Gasteiger partial charge in [0, 0.05) is 0 Å². The van der Waals surface area contributed by atoms with Gasteiger partial charge in [0.2, 0.25) is 5.91 Å². The number of rotatable bonds is 42. The van der Waals surface area contributed by atoms with Crippen LogP contribution in [0.5, 0.6) is 0 Å². The topological polar surface area (TPSA) is 245 Å². The highest BCUT2D eigenvalue weighted by atomic mass is 16.7. The number of carboxylic acids is 1. The number of aliphatic hydroxyl groups is 4. The minimum absolute atomic E-state index is 0.186. The van der Waals surface area contributed by atoms with Crippen LogP contribution in [0.4, 0.5) is 0 Å². The Hall–Kier alpha value is -2.89. The van der Waals surface area contributed by atoms with Gasteiger partial charge in [-0.25, -0.2) is 0 Å². The lowest BCUT2D eigenvalue weighted by Gasteiger charge is -2.40. The van der Waals surface area contributed by atoms with Gasteiger partial charge in [-0.1, -0.05) is 150 Å². The summed E-state index contributed by atoms with van der Waals surface area (Å²) in [6.07, 6.45) is 11.2. The van der Waals surface area contributed by atoms with Crippen molar-refractivity contribution in [3.63, 3.8) is 0 Å². The summed E-state index contributed by atoms with van der Waals surface area (Å²) in [6.45, 7) is 7.31. The Balaban J connectivity index is 3.16. The monoisotopic (exact) mass is 946 g/mol. The van der Waals surface area contributed by atoms with E-state index < -0.39 is 98.1 Å². The van der Waals surface area contributed by atoms with Gasteiger partial charge < -0.3 is 54.5 Å². The van der Waals surface area contributed by atoms with E-state index in [1.54, 1.807) is 0 Å². The number of amides is 1. The molecule has 66 heavy (non-hydrogen) atoms. The third-order valence-electron chi connectivity index (χ3n) is 12.1. The zero-order valence-electron chi connectivity index (χ0n) is 41.1. The first-order valence-electron chi connectivity index (χ1n) is 25.8. The van der Waals surface area contributed by atoms with E-state index in [9.17, 15) is 44.4 Å². The zero-order chi connectivity index (χ0) is 49.0. The van der Waals surface area contributed by atoms with Gasteiger partial charge in [0.15, 0.2) is 6.29 Å². The van der Waals surface area contributed by atoms with Crippen LogP contribution in [0, 0.1) is 0 Å². The lowest BCUT2D eigenvalue weighted by Crippen LogP contribution is -2.59. The summed E-state index contributed by atoms with van der Waals surface area (Å²) < 4.78 is 29.4. The van der Waals surface area contributed by atoms with Gasteiger partial charge in [-0.2, -0.15) is 0 Å². The molecule has 0 aliphatic carbocycles. The van der Waals surface area contributed by atoms with E-state index in [4.69, 9.17) is 28.8 Å². The predicted octanol–water partition coefficient (Wildman–Crippen LogP) is 7.89. The number of carbonyl (C=O) groups is 5. The van der Waals surface area contributed by atoms with Gasteiger partial charge in [-0.15, -0.1) is 0 Å². The van der Waals surface area contributed by atoms with Gasteiger partial charge in [-0.3, -0.25) is 24.0 Å². The fourth-order valence-corrected chi connectivity index (χ4v) is 8.16. The number of ether oxygens (including phenoxy) is 5. The number of hydrogen-bond acceptors (Lipinski definition) is 14. The highest BCUT2D eigenvalue weighted by molar-refractivity contribution is 5.81. The van der Waals surface area contributed by atoms with E-state index in [1.807, 2.05) is 0 Å². The average Bonchev–Trinajstić information content (AvgIpc) is 3.27. The molecule has 0 spiro atoms. The summed E-state index contributed by atoms with van der Waals surface area (Å²) >= 11 is 0. The Morgan fingerprint density at radius 3 is 1.21 bits per heavy atom. The van der Waals surface area contributed by atoms with E-state index in [0.717, 1.165) is 116 Å². The molecule has 386 valence electrons. The smallest absolute Gasteiger partial charge is 0.322 e. The molecule has 16 nitrogen and oxygen atoms in total. The average molecular weight is 946 g/mol. The van der Waals surface area contributed by atoms with Crippen molar-refractivity contribution in [3.8, 4) is 0 Å². The van der Waals surface area contributed by atoms with Gasteiger partial charge in [-0.05, 0) is 44.9 Å². The summed E-state index contributed by atoms with van der Waals surface area (Å²) in [6, 6.07) is 0. The molecule has 1 rings (SSSR count). The molecular weight excluding hydrogens is 855 g/mol. The first kappa shape index (κ1) is 61.1. The molecule has 1 saturated heterocycles. The van der Waals surface area contributed by atoms with Crippen LogP contribution in [-0.2, 0) is 47.7 Å². The van der Waals surface area contributed by atoms with Crippen molar-refractivity contribution in [3.05, 3.63) is 0 Å². The number of nitrogens with one attached hydrogen (secondary N) is 1. The molecule has 16 heteroatoms. The Kier molecular flexibility index (Phi) is 36.1. The summed E-state index contributed by atoms with van der Waals surface area (Å²) in [5, 5.41) is 52.4. The van der Waals surface area contributed by atoms with Gasteiger partial charge in [0.25, 0.3) is 0 Å². The summed E-state index contributed by atoms with van der Waals surface area (Å²) in [5.41, 5.74) is 0.